The van der Waals surface area contributed by atoms with E-state index in [0.717, 1.165) is 0 Å². The van der Waals surface area contributed by atoms with Crippen LogP contribution in [-0.4, -0.2) is 47.7 Å². The van der Waals surface area contributed by atoms with Crippen molar-refractivity contribution in [2.45, 2.75) is 12.5 Å². The average Bonchev–Trinajstić information content (AvgIpc) is 2.33. The molecule has 0 aromatic carbocycles. The van der Waals surface area contributed by atoms with Gasteiger partial charge < -0.3 is 10.8 Å². The molecule has 6 nitrogen and oxygen atoms in total. The predicted molar refractivity (Wildman–Crippen MR) is 44.8 cm³/mol. The van der Waals surface area contributed by atoms with Gasteiger partial charge in [0.05, 0.1) is 12.6 Å². The Morgan fingerprint density at radius 1 is 1.62 bits per heavy atom. The summed E-state index contributed by atoms with van der Waals surface area (Å²) in [6.45, 7) is 1.26. The minimum Gasteiger partial charge on any atom is -0.392 e. The highest BCUT2D eigenvalue weighted by Gasteiger charge is 2.22. The lowest BCUT2D eigenvalue weighted by Gasteiger charge is -2.12. The summed E-state index contributed by atoms with van der Waals surface area (Å²) in [6, 6.07) is -0.843. The topological polar surface area (TPSA) is 95.7 Å². The van der Waals surface area contributed by atoms with Crippen molar-refractivity contribution in [1.29, 1.82) is 0 Å². The number of hydrogen-bond donors (Lipinski definition) is 3. The standard InChI is InChI=1S/C7H13N3O3/c8-7(13)9-6(12)4-10-2-1-5(11)3-10/h5,11H,1-4H2,(H3,8,9,12,13)/t5-/m0/s1. The number of likely N-dealkylation sites (tertiary alicyclic amines) is 1. The number of primary amides is 1. The van der Waals surface area contributed by atoms with Crippen molar-refractivity contribution in [3.05, 3.63) is 0 Å². The molecule has 1 aliphatic heterocycles. The molecule has 0 saturated carbocycles. The highest BCUT2D eigenvalue weighted by Crippen LogP contribution is 2.07. The van der Waals surface area contributed by atoms with Crippen molar-refractivity contribution in [2.24, 2.45) is 5.73 Å². The molecule has 1 heterocycles. The Labute approximate surface area is 75.7 Å². The van der Waals surface area contributed by atoms with Crippen molar-refractivity contribution in [2.75, 3.05) is 19.6 Å². The number of nitrogens with one attached hydrogen (secondary N) is 1. The lowest BCUT2D eigenvalue weighted by molar-refractivity contribution is -0.120. The zero-order valence-electron chi connectivity index (χ0n) is 7.19. The van der Waals surface area contributed by atoms with Crippen LogP contribution in [0.3, 0.4) is 0 Å². The van der Waals surface area contributed by atoms with Gasteiger partial charge in [0.1, 0.15) is 0 Å². The van der Waals surface area contributed by atoms with E-state index in [9.17, 15) is 9.59 Å². The number of β-amino-alcohol motifs (C(OH)–C–C–N with tert-alkyl or cyclic N) is 1. The number of hydrogen-bond acceptors (Lipinski definition) is 4. The lowest BCUT2D eigenvalue weighted by Crippen LogP contribution is -2.41. The molecule has 3 amide bonds. The second-order valence-electron chi connectivity index (χ2n) is 3.09. The fraction of sp³-hybridized carbons (Fsp3) is 0.714. The highest BCUT2D eigenvalue weighted by molar-refractivity contribution is 5.94. The molecule has 1 saturated heterocycles. The molecule has 13 heavy (non-hydrogen) atoms. The maximum atomic E-state index is 11.0. The van der Waals surface area contributed by atoms with Gasteiger partial charge in [-0.15, -0.1) is 0 Å². The summed E-state index contributed by atoms with van der Waals surface area (Å²) in [4.78, 5) is 23.0. The molecule has 0 bridgehead atoms. The van der Waals surface area contributed by atoms with Crippen LogP contribution in [0.4, 0.5) is 4.79 Å². The first-order valence-corrected chi connectivity index (χ1v) is 4.07. The monoisotopic (exact) mass is 187 g/mol. The minimum absolute atomic E-state index is 0.111. The molecular formula is C7H13N3O3. The second-order valence-corrected chi connectivity index (χ2v) is 3.09. The van der Waals surface area contributed by atoms with Gasteiger partial charge in [-0.1, -0.05) is 0 Å². The Hall–Kier alpha value is -1.14. The first-order valence-electron chi connectivity index (χ1n) is 4.07. The number of imide groups is 1. The van der Waals surface area contributed by atoms with Crippen LogP contribution in [0.25, 0.3) is 0 Å². The van der Waals surface area contributed by atoms with Gasteiger partial charge in [-0.25, -0.2) is 4.79 Å². The van der Waals surface area contributed by atoms with E-state index < -0.39 is 11.9 Å². The molecule has 0 aromatic heterocycles. The Balaban J connectivity index is 2.24. The van der Waals surface area contributed by atoms with Gasteiger partial charge >= 0.3 is 6.03 Å². The number of aliphatic hydroxyl groups excluding tert-OH is 1. The van der Waals surface area contributed by atoms with Crippen LogP contribution < -0.4 is 11.1 Å². The number of amides is 3. The molecule has 0 spiro atoms. The van der Waals surface area contributed by atoms with Gasteiger partial charge in [-0.3, -0.25) is 15.0 Å². The molecule has 0 aromatic rings. The van der Waals surface area contributed by atoms with Crippen molar-refractivity contribution in [3.63, 3.8) is 0 Å². The summed E-state index contributed by atoms with van der Waals surface area (Å²) in [6.07, 6.45) is 0.311. The highest BCUT2D eigenvalue weighted by atomic mass is 16.3. The van der Waals surface area contributed by atoms with Gasteiger partial charge in [0, 0.05) is 13.1 Å². The maximum absolute atomic E-state index is 11.0. The molecule has 74 valence electrons. The van der Waals surface area contributed by atoms with Crippen LogP contribution in [0.5, 0.6) is 0 Å². The van der Waals surface area contributed by atoms with Gasteiger partial charge in [-0.2, -0.15) is 0 Å². The Morgan fingerprint density at radius 2 is 2.31 bits per heavy atom. The first-order chi connectivity index (χ1) is 6.08. The fourth-order valence-electron chi connectivity index (χ4n) is 1.34. The Kier molecular flexibility index (Phi) is 3.21. The SMILES string of the molecule is NC(=O)NC(=O)CN1CC[C@H](O)C1. The first kappa shape index (κ1) is 9.94. The smallest absolute Gasteiger partial charge is 0.318 e. The molecule has 1 fully saturated rings. The van der Waals surface area contributed by atoms with Crippen LogP contribution in [0.15, 0.2) is 0 Å². The van der Waals surface area contributed by atoms with E-state index in [1.807, 2.05) is 5.32 Å². The van der Waals surface area contributed by atoms with E-state index in [-0.39, 0.29) is 12.6 Å². The van der Waals surface area contributed by atoms with Gasteiger partial charge in [0.25, 0.3) is 0 Å². The molecule has 0 radical (unpaired) electrons. The third kappa shape index (κ3) is 3.39. The molecule has 1 rings (SSSR count). The van der Waals surface area contributed by atoms with E-state index in [4.69, 9.17) is 10.8 Å². The minimum atomic E-state index is -0.843. The van der Waals surface area contributed by atoms with Crippen LogP contribution in [-0.2, 0) is 4.79 Å². The third-order valence-corrected chi connectivity index (χ3v) is 1.88. The molecule has 4 N–H and O–H groups in total. The van der Waals surface area contributed by atoms with E-state index >= 15 is 0 Å². The Bertz CT molecular complexity index is 219. The van der Waals surface area contributed by atoms with Crippen LogP contribution in [0, 0.1) is 0 Å². The molecule has 6 heteroatoms. The summed E-state index contributed by atoms with van der Waals surface area (Å²) >= 11 is 0. The van der Waals surface area contributed by atoms with E-state index in [0.29, 0.717) is 19.5 Å². The zero-order valence-corrected chi connectivity index (χ0v) is 7.19. The van der Waals surface area contributed by atoms with Crippen molar-refractivity contribution in [1.82, 2.24) is 10.2 Å². The maximum Gasteiger partial charge on any atom is 0.318 e. The number of nitrogens with zero attached hydrogens (tertiary/aromatic N) is 1. The predicted octanol–water partition coefficient (Wildman–Crippen LogP) is -1.75. The largest absolute Gasteiger partial charge is 0.392 e. The number of carbonyl (C=O) groups excluding carboxylic acids is 2. The second kappa shape index (κ2) is 4.20. The number of rotatable bonds is 2. The summed E-state index contributed by atoms with van der Waals surface area (Å²) in [5, 5.41) is 11.1. The molecule has 1 aliphatic rings. The zero-order chi connectivity index (χ0) is 9.84. The number of carbonyl (C=O) groups is 2. The lowest BCUT2D eigenvalue weighted by atomic mass is 10.3. The van der Waals surface area contributed by atoms with Crippen molar-refractivity contribution >= 4 is 11.9 Å². The number of nitrogens with two attached hydrogens (primary N) is 1. The Morgan fingerprint density at radius 3 is 2.77 bits per heavy atom. The fourth-order valence-corrected chi connectivity index (χ4v) is 1.34. The van der Waals surface area contributed by atoms with E-state index in [1.54, 1.807) is 4.90 Å². The normalized spacial score (nSPS) is 23.0. The molecule has 0 aliphatic carbocycles. The van der Waals surface area contributed by atoms with Crippen LogP contribution >= 0.6 is 0 Å². The molecule has 0 unspecified atom stereocenters. The summed E-state index contributed by atoms with van der Waals surface area (Å²) in [5.41, 5.74) is 4.76. The van der Waals surface area contributed by atoms with Gasteiger partial charge in [0.2, 0.25) is 5.91 Å². The summed E-state index contributed by atoms with van der Waals surface area (Å²) in [5.74, 6) is -0.429. The molecule has 1 atom stereocenters. The van der Waals surface area contributed by atoms with Gasteiger partial charge in [0.15, 0.2) is 0 Å². The van der Waals surface area contributed by atoms with Crippen LogP contribution in [0.1, 0.15) is 6.42 Å². The number of aliphatic hydroxyl groups is 1. The summed E-state index contributed by atoms with van der Waals surface area (Å²) < 4.78 is 0. The van der Waals surface area contributed by atoms with E-state index in [1.165, 1.54) is 0 Å². The third-order valence-electron chi connectivity index (χ3n) is 1.88. The van der Waals surface area contributed by atoms with Crippen molar-refractivity contribution in [3.8, 4) is 0 Å². The number of urea groups is 1. The van der Waals surface area contributed by atoms with Gasteiger partial charge in [-0.05, 0) is 6.42 Å². The molecular weight excluding hydrogens is 174 g/mol. The average molecular weight is 187 g/mol. The quantitative estimate of drug-likeness (QED) is 0.477. The van der Waals surface area contributed by atoms with E-state index in [2.05, 4.69) is 0 Å². The van der Waals surface area contributed by atoms with Crippen molar-refractivity contribution < 1.29 is 14.7 Å². The van der Waals surface area contributed by atoms with Crippen LogP contribution in [0.2, 0.25) is 0 Å². The summed E-state index contributed by atoms with van der Waals surface area (Å²) in [7, 11) is 0.